The number of rotatable bonds is 6. The van der Waals surface area contributed by atoms with Gasteiger partial charge in [0.25, 0.3) is 0 Å². The van der Waals surface area contributed by atoms with Gasteiger partial charge in [-0.3, -0.25) is 5.32 Å². The Morgan fingerprint density at radius 2 is 1.04 bits per heavy atom. The average Bonchev–Trinajstić information content (AvgIpc) is 3.25. The Morgan fingerprint density at radius 1 is 0.577 bits per heavy atom. The zero-order valence-electron chi connectivity index (χ0n) is 14.5. The van der Waals surface area contributed by atoms with Crippen LogP contribution in [-0.4, -0.2) is 0 Å². The molecule has 4 rings (SSSR count). The van der Waals surface area contributed by atoms with E-state index in [1.165, 1.54) is 16.7 Å². The van der Waals surface area contributed by atoms with Crippen LogP contribution in [0.15, 0.2) is 114 Å². The molecule has 3 aromatic carbocycles. The van der Waals surface area contributed by atoms with Crippen LogP contribution < -0.4 is 5.32 Å². The summed E-state index contributed by atoms with van der Waals surface area (Å²) in [6.45, 7) is 0.631. The van der Waals surface area contributed by atoms with E-state index in [0.717, 1.165) is 5.76 Å². The molecule has 0 fully saturated rings. The third kappa shape index (κ3) is 3.07. The third-order valence-electron chi connectivity index (χ3n) is 4.73. The lowest BCUT2D eigenvalue weighted by Crippen LogP contribution is -2.44. The van der Waals surface area contributed by atoms with Crippen molar-refractivity contribution in [2.45, 2.75) is 12.1 Å². The van der Waals surface area contributed by atoms with Crippen molar-refractivity contribution < 1.29 is 4.42 Å². The lowest BCUT2D eigenvalue weighted by Gasteiger charge is -2.37. The fraction of sp³-hybridized carbons (Fsp3) is 0.0833. The maximum atomic E-state index is 5.57. The number of nitrogens with one attached hydrogen (secondary N) is 1. The van der Waals surface area contributed by atoms with Crippen molar-refractivity contribution in [3.05, 3.63) is 132 Å². The van der Waals surface area contributed by atoms with Gasteiger partial charge in [-0.2, -0.15) is 0 Å². The third-order valence-corrected chi connectivity index (χ3v) is 4.73. The van der Waals surface area contributed by atoms with Gasteiger partial charge < -0.3 is 4.42 Å². The lowest BCUT2D eigenvalue weighted by atomic mass is 9.77. The lowest BCUT2D eigenvalue weighted by molar-refractivity contribution is 0.417. The van der Waals surface area contributed by atoms with E-state index in [1.54, 1.807) is 6.26 Å². The molecule has 4 aromatic rings. The Bertz CT molecular complexity index is 819. The highest BCUT2D eigenvalue weighted by Crippen LogP contribution is 2.37. The maximum absolute atomic E-state index is 5.57. The summed E-state index contributed by atoms with van der Waals surface area (Å²) in [5.74, 6) is 0.914. The van der Waals surface area contributed by atoms with Gasteiger partial charge in [-0.1, -0.05) is 91.0 Å². The van der Waals surface area contributed by atoms with Crippen molar-refractivity contribution in [1.29, 1.82) is 0 Å². The summed E-state index contributed by atoms with van der Waals surface area (Å²) in [5, 5.41) is 3.79. The summed E-state index contributed by atoms with van der Waals surface area (Å²) in [4.78, 5) is 0. The zero-order valence-corrected chi connectivity index (χ0v) is 14.5. The summed E-state index contributed by atoms with van der Waals surface area (Å²) in [6, 6.07) is 35.7. The standard InChI is InChI=1S/C24H21NO/c1-4-11-20(12-5-1)24(21-13-6-2-7-14-21,22-15-8-3-9-16-22)25-19-23-17-10-18-26-23/h1-18,25H,19H2. The van der Waals surface area contributed by atoms with Crippen molar-refractivity contribution in [2.75, 3.05) is 0 Å². The second-order valence-corrected chi connectivity index (χ2v) is 6.28. The number of hydrogen-bond donors (Lipinski definition) is 1. The molecule has 0 radical (unpaired) electrons. The molecule has 2 nitrogen and oxygen atoms in total. The highest BCUT2D eigenvalue weighted by atomic mass is 16.3. The van der Waals surface area contributed by atoms with E-state index in [4.69, 9.17) is 4.42 Å². The van der Waals surface area contributed by atoms with Gasteiger partial charge in [0.05, 0.1) is 18.3 Å². The molecule has 0 aliphatic heterocycles. The topological polar surface area (TPSA) is 25.2 Å². The highest BCUT2D eigenvalue weighted by molar-refractivity contribution is 5.49. The molecular formula is C24H21NO. The Balaban J connectivity index is 1.90. The minimum Gasteiger partial charge on any atom is -0.468 e. The molecule has 0 saturated heterocycles. The van der Waals surface area contributed by atoms with Gasteiger partial charge in [0, 0.05) is 0 Å². The first-order valence-electron chi connectivity index (χ1n) is 8.83. The smallest absolute Gasteiger partial charge is 0.117 e. The van der Waals surface area contributed by atoms with E-state index in [1.807, 2.05) is 12.1 Å². The molecule has 0 aliphatic carbocycles. The van der Waals surface area contributed by atoms with E-state index in [-0.39, 0.29) is 0 Å². The molecule has 128 valence electrons. The molecule has 0 spiro atoms. The van der Waals surface area contributed by atoms with Crippen molar-refractivity contribution in [1.82, 2.24) is 5.32 Å². The summed E-state index contributed by atoms with van der Waals surface area (Å²) >= 11 is 0. The molecule has 2 heteroatoms. The first-order chi connectivity index (χ1) is 12.9. The van der Waals surface area contributed by atoms with Gasteiger partial charge in [0.2, 0.25) is 0 Å². The Morgan fingerprint density at radius 3 is 1.42 bits per heavy atom. The van der Waals surface area contributed by atoms with Crippen LogP contribution in [0.25, 0.3) is 0 Å². The summed E-state index contributed by atoms with van der Waals surface area (Å²) in [7, 11) is 0. The highest BCUT2D eigenvalue weighted by Gasteiger charge is 2.35. The molecule has 1 N–H and O–H groups in total. The van der Waals surface area contributed by atoms with Gasteiger partial charge >= 0.3 is 0 Å². The Labute approximate surface area is 154 Å². The summed E-state index contributed by atoms with van der Waals surface area (Å²) in [5.41, 5.74) is 3.13. The van der Waals surface area contributed by atoms with Crippen LogP contribution in [0.3, 0.4) is 0 Å². The molecule has 26 heavy (non-hydrogen) atoms. The van der Waals surface area contributed by atoms with Crippen LogP contribution in [-0.2, 0) is 12.1 Å². The van der Waals surface area contributed by atoms with E-state index < -0.39 is 5.54 Å². The van der Waals surface area contributed by atoms with Gasteiger partial charge in [-0.05, 0) is 28.8 Å². The van der Waals surface area contributed by atoms with Gasteiger partial charge in [-0.25, -0.2) is 0 Å². The Kier molecular flexibility index (Phi) is 4.67. The molecule has 1 aromatic heterocycles. The zero-order chi connectivity index (χ0) is 17.7. The predicted molar refractivity (Wildman–Crippen MR) is 105 cm³/mol. The van der Waals surface area contributed by atoms with Crippen LogP contribution in [0.1, 0.15) is 22.5 Å². The van der Waals surface area contributed by atoms with E-state index in [0.29, 0.717) is 6.54 Å². The minimum atomic E-state index is -0.462. The predicted octanol–water partition coefficient (Wildman–Crippen LogP) is 5.36. The quantitative estimate of drug-likeness (QED) is 0.478. The number of benzene rings is 3. The molecule has 0 atom stereocenters. The van der Waals surface area contributed by atoms with Gasteiger partial charge in [-0.15, -0.1) is 0 Å². The SMILES string of the molecule is c1ccc(C(NCc2ccco2)(c2ccccc2)c2ccccc2)cc1. The van der Waals surface area contributed by atoms with Crippen LogP contribution in [0.2, 0.25) is 0 Å². The molecule has 0 aliphatic rings. The normalized spacial score (nSPS) is 11.4. The maximum Gasteiger partial charge on any atom is 0.117 e. The van der Waals surface area contributed by atoms with Crippen molar-refractivity contribution >= 4 is 0 Å². The molecule has 1 heterocycles. The van der Waals surface area contributed by atoms with Crippen LogP contribution in [0, 0.1) is 0 Å². The summed E-state index contributed by atoms with van der Waals surface area (Å²) in [6.07, 6.45) is 1.71. The second-order valence-electron chi connectivity index (χ2n) is 6.28. The Hall–Kier alpha value is -3.10. The molecule has 0 saturated carbocycles. The monoisotopic (exact) mass is 339 g/mol. The van der Waals surface area contributed by atoms with Crippen LogP contribution in [0.4, 0.5) is 0 Å². The second kappa shape index (κ2) is 7.42. The van der Waals surface area contributed by atoms with Gasteiger partial charge in [0.1, 0.15) is 5.76 Å². The molecule has 0 unspecified atom stereocenters. The molecule has 0 bridgehead atoms. The summed E-state index contributed by atoms with van der Waals surface area (Å²) < 4.78 is 5.57. The average molecular weight is 339 g/mol. The van der Waals surface area contributed by atoms with Crippen molar-refractivity contribution in [3.63, 3.8) is 0 Å². The van der Waals surface area contributed by atoms with Crippen LogP contribution in [0.5, 0.6) is 0 Å². The van der Waals surface area contributed by atoms with Crippen molar-refractivity contribution in [2.24, 2.45) is 0 Å². The van der Waals surface area contributed by atoms with Crippen molar-refractivity contribution in [3.8, 4) is 0 Å². The molecule has 0 amide bonds. The molecular weight excluding hydrogens is 318 g/mol. The van der Waals surface area contributed by atoms with Crippen LogP contribution >= 0.6 is 0 Å². The first kappa shape index (κ1) is 16.4. The first-order valence-corrected chi connectivity index (χ1v) is 8.83. The van der Waals surface area contributed by atoms with E-state index in [2.05, 4.69) is 96.3 Å². The van der Waals surface area contributed by atoms with E-state index >= 15 is 0 Å². The van der Waals surface area contributed by atoms with E-state index in [9.17, 15) is 0 Å². The largest absolute Gasteiger partial charge is 0.468 e. The number of hydrogen-bond acceptors (Lipinski definition) is 2. The van der Waals surface area contributed by atoms with Gasteiger partial charge in [0.15, 0.2) is 0 Å². The number of furan rings is 1. The minimum absolute atomic E-state index is 0.462. The fourth-order valence-electron chi connectivity index (χ4n) is 3.50. The fourth-order valence-corrected chi connectivity index (χ4v) is 3.50.